The molecule has 1 aliphatic carbocycles. The van der Waals surface area contributed by atoms with Crippen LogP contribution in [0.25, 0.3) is 11.1 Å². The zero-order valence-electron chi connectivity index (χ0n) is 15.7. The van der Waals surface area contributed by atoms with Crippen LogP contribution >= 0.6 is 0 Å². The molecule has 4 rings (SSSR count). The van der Waals surface area contributed by atoms with Crippen molar-refractivity contribution in [3.05, 3.63) is 71.3 Å². The number of nitrogens with one attached hydrogen (secondary N) is 2. The average Bonchev–Trinajstić information content (AvgIpc) is 3.30. The van der Waals surface area contributed by atoms with Gasteiger partial charge in [-0.05, 0) is 36.1 Å². The first kappa shape index (κ1) is 18.2. The number of aromatic amines is 1. The number of rotatable bonds is 5. The Labute approximate surface area is 162 Å². The average molecular weight is 378 g/mol. The third-order valence-electron chi connectivity index (χ3n) is 4.98. The molecule has 0 bridgehead atoms. The normalized spacial score (nSPS) is 14.8. The van der Waals surface area contributed by atoms with Crippen molar-refractivity contribution in [1.29, 1.82) is 0 Å². The molecule has 7 heteroatoms. The van der Waals surface area contributed by atoms with Crippen LogP contribution in [0.5, 0.6) is 0 Å². The lowest BCUT2D eigenvalue weighted by Gasteiger charge is -2.16. The van der Waals surface area contributed by atoms with Crippen molar-refractivity contribution in [3.63, 3.8) is 0 Å². The van der Waals surface area contributed by atoms with E-state index in [1.807, 2.05) is 24.3 Å². The number of hydrogen-bond donors (Lipinski definition) is 3. The highest BCUT2D eigenvalue weighted by Crippen LogP contribution is 2.44. The lowest BCUT2D eigenvalue weighted by atomic mass is 9.98. The van der Waals surface area contributed by atoms with Crippen molar-refractivity contribution in [2.24, 2.45) is 0 Å². The maximum atomic E-state index is 12.3. The van der Waals surface area contributed by atoms with Crippen molar-refractivity contribution >= 4 is 6.09 Å². The maximum Gasteiger partial charge on any atom is 0.407 e. The van der Waals surface area contributed by atoms with Gasteiger partial charge in [-0.25, -0.2) is 9.78 Å². The molecule has 2 unspecified atom stereocenters. The number of hydrogen-bond acceptors (Lipinski definition) is 5. The predicted octanol–water partition coefficient (Wildman–Crippen LogP) is 3.46. The van der Waals surface area contributed by atoms with Crippen LogP contribution in [0.1, 0.15) is 54.7 Å². The lowest BCUT2D eigenvalue weighted by molar-refractivity contribution is 0.139. The predicted molar refractivity (Wildman–Crippen MR) is 104 cm³/mol. The summed E-state index contributed by atoms with van der Waals surface area (Å²) in [5.41, 5.74) is 4.71. The van der Waals surface area contributed by atoms with E-state index in [9.17, 15) is 9.90 Å². The molecule has 0 saturated heterocycles. The van der Waals surface area contributed by atoms with Crippen LogP contribution in [-0.2, 0) is 4.74 Å². The maximum absolute atomic E-state index is 12.3. The van der Waals surface area contributed by atoms with Crippen molar-refractivity contribution in [2.45, 2.75) is 31.9 Å². The van der Waals surface area contributed by atoms with E-state index in [0.717, 1.165) is 0 Å². The molecule has 0 aliphatic heterocycles. The Morgan fingerprint density at radius 3 is 2.32 bits per heavy atom. The van der Waals surface area contributed by atoms with Crippen molar-refractivity contribution in [2.75, 3.05) is 6.61 Å². The molecule has 2 aromatic carbocycles. The fourth-order valence-electron chi connectivity index (χ4n) is 3.55. The number of fused-ring (bicyclic) bond motifs is 3. The zero-order valence-corrected chi connectivity index (χ0v) is 15.7. The Hall–Kier alpha value is -3.19. The number of ether oxygens (including phenoxy) is 1. The second kappa shape index (κ2) is 7.44. The number of H-pyrrole nitrogens is 1. The van der Waals surface area contributed by atoms with E-state index in [1.165, 1.54) is 22.3 Å². The van der Waals surface area contributed by atoms with E-state index in [4.69, 9.17) is 4.74 Å². The monoisotopic (exact) mass is 378 g/mol. The number of benzene rings is 2. The summed E-state index contributed by atoms with van der Waals surface area (Å²) < 4.78 is 5.52. The second-order valence-corrected chi connectivity index (χ2v) is 6.95. The SMILES string of the molecule is CC(O)c1n[nH]c(C(C)NC(=O)OCC2c3ccccc3-c3ccccc32)n1. The van der Waals surface area contributed by atoms with Gasteiger partial charge in [0.05, 0.1) is 6.04 Å². The van der Waals surface area contributed by atoms with Gasteiger partial charge in [0, 0.05) is 5.92 Å². The number of carbonyl (C=O) groups is 1. The minimum atomic E-state index is -0.772. The number of nitrogens with zero attached hydrogens (tertiary/aromatic N) is 2. The van der Waals surface area contributed by atoms with Gasteiger partial charge in [-0.2, -0.15) is 5.10 Å². The Bertz CT molecular complexity index is 953. The second-order valence-electron chi connectivity index (χ2n) is 6.95. The molecule has 2 atom stereocenters. The Balaban J connectivity index is 1.42. The third-order valence-corrected chi connectivity index (χ3v) is 4.98. The summed E-state index contributed by atoms with van der Waals surface area (Å²) in [5.74, 6) is 0.765. The molecule has 0 saturated carbocycles. The van der Waals surface area contributed by atoms with Crippen LogP contribution in [0.3, 0.4) is 0 Å². The van der Waals surface area contributed by atoms with Gasteiger partial charge in [0.2, 0.25) is 0 Å². The summed E-state index contributed by atoms with van der Waals surface area (Å²) in [5, 5.41) is 18.9. The van der Waals surface area contributed by atoms with Gasteiger partial charge in [-0.1, -0.05) is 48.5 Å². The number of alkyl carbamates (subject to hydrolysis) is 1. The largest absolute Gasteiger partial charge is 0.449 e. The molecule has 0 radical (unpaired) electrons. The van der Waals surface area contributed by atoms with Crippen LogP contribution in [0.4, 0.5) is 4.79 Å². The highest BCUT2D eigenvalue weighted by molar-refractivity contribution is 5.79. The zero-order chi connectivity index (χ0) is 19.7. The van der Waals surface area contributed by atoms with E-state index < -0.39 is 18.2 Å². The van der Waals surface area contributed by atoms with Crippen LogP contribution in [0.2, 0.25) is 0 Å². The number of aliphatic hydroxyl groups is 1. The summed E-state index contributed by atoms with van der Waals surface area (Å²) in [6, 6.07) is 16.0. The quantitative estimate of drug-likeness (QED) is 0.631. The number of aliphatic hydroxyl groups excluding tert-OH is 1. The van der Waals surface area contributed by atoms with Crippen LogP contribution in [0.15, 0.2) is 48.5 Å². The molecule has 1 heterocycles. The topological polar surface area (TPSA) is 100 Å². The molecule has 7 nitrogen and oxygen atoms in total. The van der Waals surface area contributed by atoms with Gasteiger partial charge < -0.3 is 15.2 Å². The van der Waals surface area contributed by atoms with Gasteiger partial charge in [0.25, 0.3) is 0 Å². The first-order valence-electron chi connectivity index (χ1n) is 9.26. The van der Waals surface area contributed by atoms with E-state index >= 15 is 0 Å². The molecule has 144 valence electrons. The number of carbonyl (C=O) groups excluding carboxylic acids is 1. The lowest BCUT2D eigenvalue weighted by Crippen LogP contribution is -2.29. The summed E-state index contributed by atoms with van der Waals surface area (Å²) in [6.07, 6.45) is -1.30. The summed E-state index contributed by atoms with van der Waals surface area (Å²) in [6.45, 7) is 3.60. The summed E-state index contributed by atoms with van der Waals surface area (Å²) in [4.78, 5) is 16.5. The third kappa shape index (κ3) is 3.36. The number of aromatic nitrogens is 3. The highest BCUT2D eigenvalue weighted by atomic mass is 16.5. The molecule has 3 aromatic rings. The minimum absolute atomic E-state index is 0.0144. The summed E-state index contributed by atoms with van der Waals surface area (Å²) >= 11 is 0. The molecular formula is C21H22N4O3. The molecular weight excluding hydrogens is 356 g/mol. The Kier molecular flexibility index (Phi) is 4.83. The minimum Gasteiger partial charge on any atom is -0.449 e. The standard InChI is InChI=1S/C21H22N4O3/c1-12(19-23-20(13(2)26)25-24-19)22-21(27)28-11-18-16-9-5-3-7-14(16)15-8-4-6-10-17(15)18/h3-10,12-13,18,26H,11H2,1-2H3,(H,22,27)(H,23,24,25). The fourth-order valence-corrected chi connectivity index (χ4v) is 3.55. The van der Waals surface area contributed by atoms with E-state index in [2.05, 4.69) is 44.8 Å². The van der Waals surface area contributed by atoms with Gasteiger partial charge in [-0.15, -0.1) is 0 Å². The van der Waals surface area contributed by atoms with Crippen molar-refractivity contribution in [1.82, 2.24) is 20.5 Å². The molecule has 28 heavy (non-hydrogen) atoms. The van der Waals surface area contributed by atoms with Crippen molar-refractivity contribution in [3.8, 4) is 11.1 Å². The fraction of sp³-hybridized carbons (Fsp3) is 0.286. The van der Waals surface area contributed by atoms with Gasteiger partial charge in [0.1, 0.15) is 18.5 Å². The molecule has 3 N–H and O–H groups in total. The van der Waals surface area contributed by atoms with E-state index in [1.54, 1.807) is 13.8 Å². The van der Waals surface area contributed by atoms with Crippen LogP contribution < -0.4 is 5.32 Å². The smallest absolute Gasteiger partial charge is 0.407 e. The Morgan fingerprint density at radius 1 is 1.14 bits per heavy atom. The van der Waals surface area contributed by atoms with Crippen molar-refractivity contribution < 1.29 is 14.6 Å². The first-order valence-corrected chi connectivity index (χ1v) is 9.26. The van der Waals surface area contributed by atoms with Gasteiger partial charge in [-0.3, -0.25) is 5.10 Å². The number of amides is 1. The van der Waals surface area contributed by atoms with Crippen LogP contribution in [0, 0.1) is 0 Å². The molecule has 0 fully saturated rings. The van der Waals surface area contributed by atoms with E-state index in [-0.39, 0.29) is 18.3 Å². The first-order chi connectivity index (χ1) is 13.5. The van der Waals surface area contributed by atoms with E-state index in [0.29, 0.717) is 5.82 Å². The highest BCUT2D eigenvalue weighted by Gasteiger charge is 2.29. The molecule has 1 aromatic heterocycles. The molecule has 0 spiro atoms. The summed E-state index contributed by atoms with van der Waals surface area (Å²) in [7, 11) is 0. The van der Waals surface area contributed by atoms with Gasteiger partial charge >= 0.3 is 6.09 Å². The van der Waals surface area contributed by atoms with Crippen LogP contribution in [-0.4, -0.2) is 33.0 Å². The van der Waals surface area contributed by atoms with Gasteiger partial charge in [0.15, 0.2) is 5.82 Å². The Morgan fingerprint density at radius 2 is 1.75 bits per heavy atom. The molecule has 1 amide bonds. The molecule has 1 aliphatic rings.